The number of fused-ring (bicyclic) bond motifs is 1. The lowest BCUT2D eigenvalue weighted by molar-refractivity contribution is -0.115. The van der Waals surface area contributed by atoms with Crippen LogP contribution in [0, 0.1) is 6.92 Å². The number of aromatic nitrogens is 1. The number of anilines is 2. The number of nitrogens with one attached hydrogen (secondary N) is 2. The summed E-state index contributed by atoms with van der Waals surface area (Å²) in [6.07, 6.45) is 0.654. The number of aryl methyl sites for hydroxylation is 1. The molecule has 2 amide bonds. The van der Waals surface area contributed by atoms with E-state index in [0.29, 0.717) is 28.6 Å². The van der Waals surface area contributed by atoms with Gasteiger partial charge in [-0.25, -0.2) is 4.98 Å². The van der Waals surface area contributed by atoms with E-state index >= 15 is 0 Å². The van der Waals surface area contributed by atoms with E-state index in [4.69, 9.17) is 4.74 Å². The first kappa shape index (κ1) is 23.8. The number of methoxy groups -OCH3 is 1. The van der Waals surface area contributed by atoms with Crippen LogP contribution in [0.3, 0.4) is 0 Å². The average molecular weight is 492 g/mol. The van der Waals surface area contributed by atoms with Gasteiger partial charge < -0.3 is 15.4 Å². The molecule has 0 spiro atoms. The van der Waals surface area contributed by atoms with E-state index < -0.39 is 0 Å². The van der Waals surface area contributed by atoms with Gasteiger partial charge in [0.2, 0.25) is 5.91 Å². The molecule has 8 heteroatoms. The van der Waals surface area contributed by atoms with E-state index in [1.807, 2.05) is 50.2 Å². The van der Waals surface area contributed by atoms with Crippen molar-refractivity contribution in [2.75, 3.05) is 17.7 Å². The number of hydrogen-bond acceptors (Lipinski definition) is 6. The number of rotatable bonds is 8. The number of nitrogens with zero attached hydrogens (tertiary/aromatic N) is 1. The SMILES string of the molecule is CCC(Sc1cccc(NC(=O)c2cccc(OC)c2)c1)C(=O)Nc1nc2ccc(C)cc2s1. The lowest BCUT2D eigenvalue weighted by atomic mass is 10.2. The zero-order valence-corrected chi connectivity index (χ0v) is 20.8. The van der Waals surface area contributed by atoms with Gasteiger partial charge in [-0.3, -0.25) is 9.59 Å². The Morgan fingerprint density at radius 2 is 1.88 bits per heavy atom. The fourth-order valence-corrected chi connectivity index (χ4v) is 5.35. The Balaban J connectivity index is 1.42. The molecule has 1 unspecified atom stereocenters. The Labute approximate surface area is 206 Å². The predicted molar refractivity (Wildman–Crippen MR) is 140 cm³/mol. The highest BCUT2D eigenvalue weighted by Gasteiger charge is 2.20. The van der Waals surface area contributed by atoms with Crippen LogP contribution in [0.25, 0.3) is 10.2 Å². The maximum absolute atomic E-state index is 13.0. The molecule has 0 aliphatic rings. The third kappa shape index (κ3) is 5.76. The lowest BCUT2D eigenvalue weighted by Gasteiger charge is -2.14. The largest absolute Gasteiger partial charge is 0.497 e. The third-order valence-electron chi connectivity index (χ3n) is 5.14. The summed E-state index contributed by atoms with van der Waals surface area (Å²) < 4.78 is 6.24. The minimum absolute atomic E-state index is 0.0888. The molecule has 0 radical (unpaired) electrons. The van der Waals surface area contributed by atoms with Crippen molar-refractivity contribution >= 4 is 55.9 Å². The molecule has 0 aliphatic carbocycles. The minimum Gasteiger partial charge on any atom is -0.497 e. The molecule has 34 heavy (non-hydrogen) atoms. The van der Waals surface area contributed by atoms with Gasteiger partial charge in [0.1, 0.15) is 5.75 Å². The van der Waals surface area contributed by atoms with Crippen LogP contribution in [0.1, 0.15) is 29.3 Å². The van der Waals surface area contributed by atoms with E-state index in [1.165, 1.54) is 23.1 Å². The number of ether oxygens (including phenoxy) is 1. The summed E-state index contributed by atoms with van der Waals surface area (Å²) in [4.78, 5) is 31.0. The van der Waals surface area contributed by atoms with E-state index in [9.17, 15) is 9.59 Å². The second kappa shape index (κ2) is 10.7. The molecule has 174 valence electrons. The summed E-state index contributed by atoms with van der Waals surface area (Å²) in [5.41, 5.74) is 3.21. The zero-order chi connectivity index (χ0) is 24.1. The van der Waals surface area contributed by atoms with Crippen molar-refractivity contribution in [2.45, 2.75) is 30.4 Å². The number of carbonyl (C=O) groups is 2. The van der Waals surface area contributed by atoms with Gasteiger partial charge in [0.15, 0.2) is 5.13 Å². The molecule has 3 aromatic carbocycles. The molecule has 0 bridgehead atoms. The molecule has 4 aromatic rings. The van der Waals surface area contributed by atoms with Crippen LogP contribution in [0.15, 0.2) is 71.6 Å². The molecule has 2 N–H and O–H groups in total. The molecule has 1 heterocycles. The summed E-state index contributed by atoms with van der Waals surface area (Å²) in [7, 11) is 1.57. The maximum atomic E-state index is 13.0. The van der Waals surface area contributed by atoms with Crippen LogP contribution in [0.5, 0.6) is 5.75 Å². The van der Waals surface area contributed by atoms with Gasteiger partial charge in [-0.15, -0.1) is 11.8 Å². The average Bonchev–Trinajstić information content (AvgIpc) is 3.23. The summed E-state index contributed by atoms with van der Waals surface area (Å²) in [6.45, 7) is 4.02. The van der Waals surface area contributed by atoms with Gasteiger partial charge in [0.25, 0.3) is 5.91 Å². The zero-order valence-electron chi connectivity index (χ0n) is 19.1. The molecule has 4 rings (SSSR count). The molecular formula is C26H25N3O3S2. The lowest BCUT2D eigenvalue weighted by Crippen LogP contribution is -2.24. The Hall–Kier alpha value is -3.36. The van der Waals surface area contributed by atoms with E-state index in [1.54, 1.807) is 31.4 Å². The number of benzene rings is 3. The standard InChI is InChI=1S/C26H25N3O3S2/c1-4-22(25(31)29-26-28-21-12-11-16(2)13-23(21)34-26)33-20-10-6-8-18(15-20)27-24(30)17-7-5-9-19(14-17)32-3/h5-15,22H,4H2,1-3H3,(H,27,30)(H,28,29,31). The van der Waals surface area contributed by atoms with Gasteiger partial charge >= 0.3 is 0 Å². The molecule has 0 saturated carbocycles. The molecule has 0 fully saturated rings. The van der Waals surface area contributed by atoms with Gasteiger partial charge in [0, 0.05) is 16.1 Å². The van der Waals surface area contributed by atoms with Crippen LogP contribution in [-0.2, 0) is 4.79 Å². The smallest absolute Gasteiger partial charge is 0.255 e. The Kier molecular flexibility index (Phi) is 7.49. The second-order valence-electron chi connectivity index (χ2n) is 7.71. The highest BCUT2D eigenvalue weighted by atomic mass is 32.2. The number of carbonyl (C=O) groups excluding carboxylic acids is 2. The first-order chi connectivity index (χ1) is 16.4. The highest BCUT2D eigenvalue weighted by molar-refractivity contribution is 8.00. The first-order valence-corrected chi connectivity index (χ1v) is 12.5. The number of thioether (sulfide) groups is 1. The van der Waals surface area contributed by atoms with Crippen LogP contribution >= 0.6 is 23.1 Å². The van der Waals surface area contributed by atoms with Crippen molar-refractivity contribution in [3.63, 3.8) is 0 Å². The summed E-state index contributed by atoms with van der Waals surface area (Å²) in [5, 5.41) is 6.19. The topological polar surface area (TPSA) is 80.3 Å². The van der Waals surface area contributed by atoms with Gasteiger partial charge in [-0.05, 0) is 67.4 Å². The van der Waals surface area contributed by atoms with E-state index in [-0.39, 0.29) is 17.1 Å². The Morgan fingerprint density at radius 3 is 2.68 bits per heavy atom. The fourth-order valence-electron chi connectivity index (χ4n) is 3.37. The molecule has 1 atom stereocenters. The van der Waals surface area contributed by atoms with Gasteiger partial charge in [0.05, 0.1) is 22.6 Å². The third-order valence-corrected chi connectivity index (χ3v) is 7.43. The predicted octanol–water partition coefficient (Wildman–Crippen LogP) is 6.38. The van der Waals surface area contributed by atoms with Crippen molar-refractivity contribution in [3.05, 3.63) is 77.9 Å². The summed E-state index contributed by atoms with van der Waals surface area (Å²) >= 11 is 2.94. The minimum atomic E-state index is -0.293. The van der Waals surface area contributed by atoms with Crippen LogP contribution in [0.4, 0.5) is 10.8 Å². The van der Waals surface area contributed by atoms with Crippen molar-refractivity contribution in [3.8, 4) is 5.75 Å². The molecule has 1 aromatic heterocycles. The van der Waals surface area contributed by atoms with Crippen molar-refractivity contribution in [2.24, 2.45) is 0 Å². The van der Waals surface area contributed by atoms with Crippen molar-refractivity contribution in [1.82, 2.24) is 4.98 Å². The Bertz CT molecular complexity index is 1340. The van der Waals surface area contributed by atoms with Gasteiger partial charge in [-0.1, -0.05) is 36.5 Å². The van der Waals surface area contributed by atoms with E-state index in [2.05, 4.69) is 21.7 Å². The van der Waals surface area contributed by atoms with Crippen LogP contribution < -0.4 is 15.4 Å². The maximum Gasteiger partial charge on any atom is 0.255 e. The second-order valence-corrected chi connectivity index (χ2v) is 10.0. The number of amides is 2. The van der Waals surface area contributed by atoms with Crippen LogP contribution in [-0.4, -0.2) is 29.2 Å². The Morgan fingerprint density at radius 1 is 1.06 bits per heavy atom. The highest BCUT2D eigenvalue weighted by Crippen LogP contribution is 2.31. The van der Waals surface area contributed by atoms with Crippen molar-refractivity contribution in [1.29, 1.82) is 0 Å². The van der Waals surface area contributed by atoms with Gasteiger partial charge in [-0.2, -0.15) is 0 Å². The monoisotopic (exact) mass is 491 g/mol. The summed E-state index contributed by atoms with van der Waals surface area (Å²) in [5.74, 6) is 0.308. The fraction of sp³-hybridized carbons (Fsp3) is 0.192. The molecule has 0 aliphatic heterocycles. The molecule has 0 saturated heterocycles. The molecular weight excluding hydrogens is 466 g/mol. The van der Waals surface area contributed by atoms with Crippen molar-refractivity contribution < 1.29 is 14.3 Å². The normalized spacial score (nSPS) is 11.7. The quantitative estimate of drug-likeness (QED) is 0.280. The number of hydrogen-bond donors (Lipinski definition) is 2. The first-order valence-electron chi connectivity index (χ1n) is 10.9. The van der Waals surface area contributed by atoms with Crippen LogP contribution in [0.2, 0.25) is 0 Å². The molecule has 6 nitrogen and oxygen atoms in total. The number of thiazole rings is 1. The summed E-state index contributed by atoms with van der Waals surface area (Å²) in [6, 6.07) is 20.5. The van der Waals surface area contributed by atoms with E-state index in [0.717, 1.165) is 20.7 Å².